The van der Waals surface area contributed by atoms with Gasteiger partial charge in [0.15, 0.2) is 5.96 Å². The number of hydrogen-bond acceptors (Lipinski definition) is 4. The lowest BCUT2D eigenvalue weighted by molar-refractivity contribution is -0.141. The largest absolute Gasteiger partial charge is 0.476 e. The van der Waals surface area contributed by atoms with E-state index in [0.717, 1.165) is 6.07 Å². The minimum atomic E-state index is -4.49. The quantitative estimate of drug-likeness (QED) is 0.512. The second kappa shape index (κ2) is 7.30. The Kier molecular flexibility index (Phi) is 5.42. The van der Waals surface area contributed by atoms with E-state index in [1.54, 1.807) is 0 Å². The monoisotopic (exact) mass is 318 g/mol. The molecule has 0 bridgehead atoms. The first kappa shape index (κ1) is 16.3. The van der Waals surface area contributed by atoms with E-state index in [4.69, 9.17) is 15.2 Å². The Balaban J connectivity index is 1.81. The molecule has 2 heterocycles. The third kappa shape index (κ3) is 4.76. The molecule has 0 unspecified atom stereocenters. The number of halogens is 3. The highest BCUT2D eigenvalue weighted by Gasteiger charge is 2.32. The first-order valence-electron chi connectivity index (χ1n) is 6.76. The average Bonchev–Trinajstić information content (AvgIpc) is 2.52. The van der Waals surface area contributed by atoms with Gasteiger partial charge in [0.25, 0.3) is 0 Å². The van der Waals surface area contributed by atoms with Crippen LogP contribution in [0.2, 0.25) is 0 Å². The summed E-state index contributed by atoms with van der Waals surface area (Å²) in [5.41, 5.74) is 4.82. The Morgan fingerprint density at radius 3 is 2.77 bits per heavy atom. The second-order valence-electron chi connectivity index (χ2n) is 4.55. The van der Waals surface area contributed by atoms with Crippen LogP contribution in [-0.2, 0) is 10.9 Å². The number of pyridine rings is 1. The topological polar surface area (TPSA) is 73.0 Å². The molecule has 1 aromatic rings. The van der Waals surface area contributed by atoms with Gasteiger partial charge < -0.3 is 20.1 Å². The van der Waals surface area contributed by atoms with Crippen LogP contribution >= 0.6 is 0 Å². The van der Waals surface area contributed by atoms with Crippen molar-refractivity contribution in [3.63, 3.8) is 0 Å². The molecule has 2 N–H and O–H groups in total. The van der Waals surface area contributed by atoms with Crippen molar-refractivity contribution in [3.8, 4) is 5.88 Å². The number of nitrogens with two attached hydrogens (primary N) is 1. The molecule has 0 aliphatic carbocycles. The molecule has 22 heavy (non-hydrogen) atoms. The number of rotatable bonds is 4. The number of morpholine rings is 1. The molecule has 2 rings (SSSR count). The summed E-state index contributed by atoms with van der Waals surface area (Å²) >= 11 is 0. The molecule has 122 valence electrons. The maximum atomic E-state index is 12.5. The molecular weight excluding hydrogens is 301 g/mol. The molecule has 1 fully saturated rings. The average molecular weight is 318 g/mol. The third-order valence-corrected chi connectivity index (χ3v) is 2.96. The van der Waals surface area contributed by atoms with Crippen molar-refractivity contribution in [1.29, 1.82) is 0 Å². The summed E-state index contributed by atoms with van der Waals surface area (Å²) in [6.07, 6.45) is -4.49. The molecule has 9 heteroatoms. The van der Waals surface area contributed by atoms with Crippen molar-refractivity contribution in [2.75, 3.05) is 39.5 Å². The van der Waals surface area contributed by atoms with Gasteiger partial charge in [-0.15, -0.1) is 0 Å². The molecular formula is C13H17F3N4O2. The van der Waals surface area contributed by atoms with Gasteiger partial charge >= 0.3 is 6.18 Å². The van der Waals surface area contributed by atoms with E-state index in [-0.39, 0.29) is 19.0 Å². The standard InChI is InChI=1S/C13H17F3N4O2/c14-13(15,16)10-2-1-3-11(19-10)22-7-4-18-12(17)20-5-8-21-9-6-20/h1-3H,4-9H2,(H2,17,18). The number of nitrogens with zero attached hydrogens (tertiary/aromatic N) is 3. The molecule has 0 saturated carbocycles. The molecule has 1 saturated heterocycles. The maximum absolute atomic E-state index is 12.5. The van der Waals surface area contributed by atoms with Crippen LogP contribution in [0.4, 0.5) is 13.2 Å². The summed E-state index contributed by atoms with van der Waals surface area (Å²) in [5.74, 6) is 0.291. The first-order chi connectivity index (χ1) is 10.5. The van der Waals surface area contributed by atoms with E-state index >= 15 is 0 Å². The second-order valence-corrected chi connectivity index (χ2v) is 4.55. The number of alkyl halides is 3. The summed E-state index contributed by atoms with van der Waals surface area (Å²) in [6.45, 7) is 2.87. The van der Waals surface area contributed by atoms with Crippen LogP contribution in [-0.4, -0.2) is 55.3 Å². The number of aromatic nitrogens is 1. The highest BCUT2D eigenvalue weighted by atomic mass is 19.4. The van der Waals surface area contributed by atoms with Gasteiger partial charge in [0.1, 0.15) is 12.3 Å². The fourth-order valence-corrected chi connectivity index (χ4v) is 1.86. The number of aliphatic imine (C=N–C) groups is 1. The van der Waals surface area contributed by atoms with Gasteiger partial charge in [0.05, 0.1) is 19.8 Å². The fourth-order valence-electron chi connectivity index (χ4n) is 1.86. The fraction of sp³-hybridized carbons (Fsp3) is 0.538. The number of guanidine groups is 1. The van der Waals surface area contributed by atoms with Crippen molar-refractivity contribution >= 4 is 5.96 Å². The van der Waals surface area contributed by atoms with Gasteiger partial charge in [-0.05, 0) is 6.07 Å². The Morgan fingerprint density at radius 2 is 2.09 bits per heavy atom. The van der Waals surface area contributed by atoms with Gasteiger partial charge in [-0.25, -0.2) is 9.98 Å². The predicted molar refractivity (Wildman–Crippen MR) is 73.6 cm³/mol. The van der Waals surface area contributed by atoms with E-state index in [1.807, 2.05) is 4.90 Å². The van der Waals surface area contributed by atoms with Crippen LogP contribution < -0.4 is 10.5 Å². The number of ether oxygens (including phenoxy) is 2. The predicted octanol–water partition coefficient (Wildman–Crippen LogP) is 1.13. The summed E-state index contributed by atoms with van der Waals surface area (Å²) in [5, 5.41) is 0. The number of hydrogen-bond donors (Lipinski definition) is 1. The van der Waals surface area contributed by atoms with Gasteiger partial charge in [-0.1, -0.05) is 6.07 Å². The van der Waals surface area contributed by atoms with Crippen LogP contribution in [0.5, 0.6) is 5.88 Å². The summed E-state index contributed by atoms with van der Waals surface area (Å²) < 4.78 is 47.8. The zero-order valence-electron chi connectivity index (χ0n) is 11.8. The maximum Gasteiger partial charge on any atom is 0.433 e. The third-order valence-electron chi connectivity index (χ3n) is 2.96. The molecule has 6 nitrogen and oxygen atoms in total. The van der Waals surface area contributed by atoms with Crippen LogP contribution in [0.1, 0.15) is 5.69 Å². The summed E-state index contributed by atoms with van der Waals surface area (Å²) in [6, 6.07) is 3.50. The van der Waals surface area contributed by atoms with Crippen molar-refractivity contribution in [1.82, 2.24) is 9.88 Å². The lowest BCUT2D eigenvalue weighted by atomic mass is 10.3. The lowest BCUT2D eigenvalue weighted by Gasteiger charge is -2.27. The Bertz CT molecular complexity index is 516. The Labute approximate surface area is 125 Å². The van der Waals surface area contributed by atoms with Crippen LogP contribution in [0.25, 0.3) is 0 Å². The van der Waals surface area contributed by atoms with E-state index in [0.29, 0.717) is 32.3 Å². The molecule has 0 amide bonds. The lowest BCUT2D eigenvalue weighted by Crippen LogP contribution is -2.45. The molecule has 0 atom stereocenters. The highest BCUT2D eigenvalue weighted by Crippen LogP contribution is 2.28. The van der Waals surface area contributed by atoms with Gasteiger partial charge in [0.2, 0.25) is 5.88 Å². The normalized spacial score (nSPS) is 16.7. The van der Waals surface area contributed by atoms with Crippen molar-refractivity contribution in [3.05, 3.63) is 23.9 Å². The van der Waals surface area contributed by atoms with Gasteiger partial charge in [-0.2, -0.15) is 13.2 Å². The van der Waals surface area contributed by atoms with Gasteiger partial charge in [-0.3, -0.25) is 0 Å². The first-order valence-corrected chi connectivity index (χ1v) is 6.76. The molecule has 1 aliphatic heterocycles. The molecule has 0 aromatic carbocycles. The summed E-state index contributed by atoms with van der Waals surface area (Å²) in [4.78, 5) is 9.40. The highest BCUT2D eigenvalue weighted by molar-refractivity contribution is 5.78. The summed E-state index contributed by atoms with van der Waals surface area (Å²) in [7, 11) is 0. The van der Waals surface area contributed by atoms with Crippen molar-refractivity contribution < 1.29 is 22.6 Å². The molecule has 1 aliphatic rings. The van der Waals surface area contributed by atoms with E-state index in [2.05, 4.69) is 9.98 Å². The molecule has 1 aromatic heterocycles. The minimum Gasteiger partial charge on any atom is -0.476 e. The zero-order chi connectivity index (χ0) is 16.0. The van der Waals surface area contributed by atoms with Crippen molar-refractivity contribution in [2.24, 2.45) is 10.7 Å². The Morgan fingerprint density at radius 1 is 1.36 bits per heavy atom. The van der Waals surface area contributed by atoms with E-state index < -0.39 is 11.9 Å². The zero-order valence-corrected chi connectivity index (χ0v) is 11.8. The van der Waals surface area contributed by atoms with Gasteiger partial charge in [0, 0.05) is 19.2 Å². The van der Waals surface area contributed by atoms with Crippen molar-refractivity contribution in [2.45, 2.75) is 6.18 Å². The SMILES string of the molecule is NC(=NCCOc1cccc(C(F)(F)F)n1)N1CCOCC1. The van der Waals surface area contributed by atoms with E-state index in [1.165, 1.54) is 12.1 Å². The van der Waals surface area contributed by atoms with Crippen LogP contribution in [0, 0.1) is 0 Å². The molecule has 0 spiro atoms. The Hall–Kier alpha value is -2.03. The molecule has 0 radical (unpaired) electrons. The minimum absolute atomic E-state index is 0.0880. The van der Waals surface area contributed by atoms with E-state index in [9.17, 15) is 13.2 Å². The smallest absolute Gasteiger partial charge is 0.433 e. The van der Waals surface area contributed by atoms with Crippen LogP contribution in [0.3, 0.4) is 0 Å². The van der Waals surface area contributed by atoms with Crippen LogP contribution in [0.15, 0.2) is 23.2 Å².